The van der Waals surface area contributed by atoms with Crippen LogP contribution in [0.2, 0.25) is 0 Å². The second-order valence-corrected chi connectivity index (χ2v) is 6.45. The van der Waals surface area contributed by atoms with Crippen molar-refractivity contribution in [3.05, 3.63) is 64.7 Å². The Morgan fingerprint density at radius 3 is 2.41 bits per heavy atom. The Morgan fingerprint density at radius 1 is 1.07 bits per heavy atom. The molecule has 1 amide bonds. The normalized spacial score (nSPS) is 10.6. The number of benzene rings is 2. The predicted octanol–water partition coefficient (Wildman–Crippen LogP) is 2.54. The molecule has 0 spiro atoms. The number of carbonyl (C=O) groups is 2. The second-order valence-electron chi connectivity index (χ2n) is 6.45. The number of ether oxygens (including phenoxy) is 2. The van der Waals surface area contributed by atoms with Gasteiger partial charge in [-0.05, 0) is 37.7 Å². The minimum atomic E-state index is -0.376. The van der Waals surface area contributed by atoms with Crippen molar-refractivity contribution in [3.8, 4) is 5.75 Å². The number of aryl methyl sites for hydroxylation is 1. The highest BCUT2D eigenvalue weighted by Crippen LogP contribution is 2.20. The maximum Gasteiger partial charge on any atom is 0.337 e. The molecule has 0 fully saturated rings. The predicted molar refractivity (Wildman–Crippen MR) is 104 cm³/mol. The number of hydrogen-bond acceptors (Lipinski definition) is 5. The topological polar surface area (TPSA) is 67.9 Å². The van der Waals surface area contributed by atoms with Crippen LogP contribution in [0.3, 0.4) is 0 Å². The van der Waals surface area contributed by atoms with Gasteiger partial charge in [0.1, 0.15) is 5.75 Å². The maximum absolute atomic E-state index is 12.2. The molecule has 0 unspecified atom stereocenters. The highest BCUT2D eigenvalue weighted by Gasteiger charge is 2.11. The Bertz CT molecular complexity index is 787. The highest BCUT2D eigenvalue weighted by atomic mass is 16.5. The molecule has 6 nitrogen and oxygen atoms in total. The van der Waals surface area contributed by atoms with Gasteiger partial charge in [-0.3, -0.25) is 9.69 Å². The molecule has 0 aromatic heterocycles. The van der Waals surface area contributed by atoms with E-state index in [4.69, 9.17) is 4.74 Å². The molecule has 2 aromatic carbocycles. The molecular weight excluding hydrogens is 344 g/mol. The first-order valence-corrected chi connectivity index (χ1v) is 8.69. The summed E-state index contributed by atoms with van der Waals surface area (Å²) in [6, 6.07) is 13.0. The molecule has 27 heavy (non-hydrogen) atoms. The molecule has 2 aromatic rings. The van der Waals surface area contributed by atoms with Crippen LogP contribution in [0.1, 0.15) is 27.0 Å². The van der Waals surface area contributed by atoms with Gasteiger partial charge in [0, 0.05) is 18.7 Å². The summed E-state index contributed by atoms with van der Waals surface area (Å²) in [6.45, 7) is 3.33. The molecule has 0 radical (unpaired) electrons. The van der Waals surface area contributed by atoms with E-state index < -0.39 is 0 Å². The largest absolute Gasteiger partial charge is 0.496 e. The third-order valence-electron chi connectivity index (χ3n) is 4.15. The van der Waals surface area contributed by atoms with E-state index in [1.807, 2.05) is 31.0 Å². The lowest BCUT2D eigenvalue weighted by molar-refractivity contribution is -0.122. The van der Waals surface area contributed by atoms with Gasteiger partial charge in [-0.1, -0.05) is 29.8 Å². The number of nitrogens with one attached hydrogen (secondary N) is 1. The molecule has 1 N–H and O–H groups in total. The molecule has 0 aliphatic carbocycles. The summed E-state index contributed by atoms with van der Waals surface area (Å²) in [5.41, 5.74) is 3.60. The molecular formula is C21H26N2O4. The molecule has 0 atom stereocenters. The fourth-order valence-electron chi connectivity index (χ4n) is 2.76. The summed E-state index contributed by atoms with van der Waals surface area (Å²) in [7, 11) is 4.89. The van der Waals surface area contributed by atoms with Gasteiger partial charge in [-0.15, -0.1) is 0 Å². The van der Waals surface area contributed by atoms with Gasteiger partial charge >= 0.3 is 5.97 Å². The number of hydrogen-bond donors (Lipinski definition) is 1. The SMILES string of the molecule is COC(=O)c1ccc(CNC(=O)CN(C)Cc2cc(C)ccc2OC)cc1. The Labute approximate surface area is 160 Å². The molecule has 144 valence electrons. The van der Waals surface area contributed by atoms with E-state index in [9.17, 15) is 9.59 Å². The fourth-order valence-corrected chi connectivity index (χ4v) is 2.76. The Balaban J connectivity index is 1.85. The van der Waals surface area contributed by atoms with Crippen LogP contribution in [0, 0.1) is 6.92 Å². The summed E-state index contributed by atoms with van der Waals surface area (Å²) < 4.78 is 10.1. The third kappa shape index (κ3) is 6.11. The van der Waals surface area contributed by atoms with Gasteiger partial charge in [-0.2, -0.15) is 0 Å². The van der Waals surface area contributed by atoms with E-state index in [0.717, 1.165) is 22.4 Å². The van der Waals surface area contributed by atoms with Crippen molar-refractivity contribution in [1.29, 1.82) is 0 Å². The first-order chi connectivity index (χ1) is 12.9. The van der Waals surface area contributed by atoms with E-state index in [1.165, 1.54) is 7.11 Å². The van der Waals surface area contributed by atoms with Crippen LogP contribution in [-0.4, -0.2) is 44.6 Å². The average Bonchev–Trinajstić information content (AvgIpc) is 2.66. The number of rotatable bonds is 8. The van der Waals surface area contributed by atoms with Crippen molar-refractivity contribution in [1.82, 2.24) is 10.2 Å². The second kappa shape index (κ2) is 9.73. The molecule has 2 rings (SSSR count). The van der Waals surface area contributed by atoms with Crippen molar-refractivity contribution in [2.75, 3.05) is 27.8 Å². The average molecular weight is 370 g/mol. The molecule has 0 aliphatic heterocycles. The third-order valence-corrected chi connectivity index (χ3v) is 4.15. The number of carbonyl (C=O) groups excluding carboxylic acids is 2. The smallest absolute Gasteiger partial charge is 0.337 e. The van der Waals surface area contributed by atoms with Crippen LogP contribution in [0.4, 0.5) is 0 Å². The monoisotopic (exact) mass is 370 g/mol. The molecule has 0 bridgehead atoms. The van der Waals surface area contributed by atoms with Crippen LogP contribution < -0.4 is 10.1 Å². The minimum Gasteiger partial charge on any atom is -0.496 e. The van der Waals surface area contributed by atoms with Gasteiger partial charge in [-0.25, -0.2) is 4.79 Å². The number of nitrogens with zero attached hydrogens (tertiary/aromatic N) is 1. The molecule has 6 heteroatoms. The number of likely N-dealkylation sites (N-methyl/N-ethyl adjacent to an activating group) is 1. The lowest BCUT2D eigenvalue weighted by Gasteiger charge is -2.18. The van der Waals surface area contributed by atoms with Crippen LogP contribution in [-0.2, 0) is 22.6 Å². The quantitative estimate of drug-likeness (QED) is 0.724. The summed E-state index contributed by atoms with van der Waals surface area (Å²) in [5.74, 6) is 0.374. The van der Waals surface area contributed by atoms with Gasteiger partial charge < -0.3 is 14.8 Å². The van der Waals surface area contributed by atoms with Crippen LogP contribution >= 0.6 is 0 Å². The van der Waals surface area contributed by atoms with E-state index in [-0.39, 0.29) is 18.4 Å². The van der Waals surface area contributed by atoms with Crippen molar-refractivity contribution < 1.29 is 19.1 Å². The maximum atomic E-state index is 12.2. The van der Waals surface area contributed by atoms with E-state index in [0.29, 0.717) is 18.7 Å². The summed E-state index contributed by atoms with van der Waals surface area (Å²) in [5, 5.41) is 2.89. The summed E-state index contributed by atoms with van der Waals surface area (Å²) in [4.78, 5) is 25.6. The Hall–Kier alpha value is -2.86. The minimum absolute atomic E-state index is 0.0684. The summed E-state index contributed by atoms with van der Waals surface area (Å²) >= 11 is 0. The molecule has 0 heterocycles. The number of esters is 1. The lowest BCUT2D eigenvalue weighted by Crippen LogP contribution is -2.34. The first kappa shape index (κ1) is 20.5. The van der Waals surface area contributed by atoms with Crippen molar-refractivity contribution in [2.24, 2.45) is 0 Å². The zero-order chi connectivity index (χ0) is 19.8. The number of methoxy groups -OCH3 is 2. The van der Waals surface area contributed by atoms with Gasteiger partial charge in [0.25, 0.3) is 0 Å². The standard InChI is InChI=1S/C21H26N2O4/c1-15-5-10-19(26-3)18(11-15)13-23(2)14-20(24)22-12-16-6-8-17(9-7-16)21(25)27-4/h5-11H,12-14H2,1-4H3,(H,22,24). The fraction of sp³-hybridized carbons (Fsp3) is 0.333. The van der Waals surface area contributed by atoms with E-state index in [2.05, 4.69) is 16.1 Å². The van der Waals surface area contributed by atoms with E-state index >= 15 is 0 Å². The van der Waals surface area contributed by atoms with Gasteiger partial charge in [0.2, 0.25) is 5.91 Å². The van der Waals surface area contributed by atoms with Crippen LogP contribution in [0.25, 0.3) is 0 Å². The van der Waals surface area contributed by atoms with Crippen molar-refractivity contribution >= 4 is 11.9 Å². The number of amides is 1. The van der Waals surface area contributed by atoms with Gasteiger partial charge in [0.05, 0.1) is 26.3 Å². The van der Waals surface area contributed by atoms with Crippen LogP contribution in [0.5, 0.6) is 5.75 Å². The van der Waals surface area contributed by atoms with Crippen molar-refractivity contribution in [3.63, 3.8) is 0 Å². The molecule has 0 saturated heterocycles. The Morgan fingerprint density at radius 2 is 1.78 bits per heavy atom. The first-order valence-electron chi connectivity index (χ1n) is 8.69. The van der Waals surface area contributed by atoms with E-state index in [1.54, 1.807) is 31.4 Å². The lowest BCUT2D eigenvalue weighted by atomic mass is 10.1. The molecule has 0 saturated carbocycles. The Kier molecular flexibility index (Phi) is 7.37. The zero-order valence-electron chi connectivity index (χ0n) is 16.2. The van der Waals surface area contributed by atoms with Crippen molar-refractivity contribution in [2.45, 2.75) is 20.0 Å². The van der Waals surface area contributed by atoms with Crippen LogP contribution in [0.15, 0.2) is 42.5 Å². The summed E-state index contributed by atoms with van der Waals surface area (Å²) in [6.07, 6.45) is 0. The highest BCUT2D eigenvalue weighted by molar-refractivity contribution is 5.89. The zero-order valence-corrected chi connectivity index (χ0v) is 16.2. The molecule has 0 aliphatic rings. The van der Waals surface area contributed by atoms with Gasteiger partial charge in [0.15, 0.2) is 0 Å².